The second-order valence-corrected chi connectivity index (χ2v) is 5.17. The largest absolute Gasteiger partial charge is 0.496 e. The average Bonchev–Trinajstić information content (AvgIpc) is 2.52. The van der Waals surface area contributed by atoms with Crippen molar-refractivity contribution in [3.63, 3.8) is 0 Å². The van der Waals surface area contributed by atoms with E-state index in [2.05, 4.69) is 6.92 Å². The second-order valence-electron chi connectivity index (χ2n) is 5.17. The first-order chi connectivity index (χ1) is 10.2. The number of methoxy groups -OCH3 is 1. The fourth-order valence-electron chi connectivity index (χ4n) is 2.33. The lowest BCUT2D eigenvalue weighted by Crippen LogP contribution is -2.31. The number of nitrogens with two attached hydrogens (primary N) is 1. The summed E-state index contributed by atoms with van der Waals surface area (Å²) in [6, 6.07) is 15.8. The Morgan fingerprint density at radius 2 is 1.86 bits per heavy atom. The standard InChI is InChI=1S/C18H23NO2/c1-4-16(19)18(15-10-5-6-11-17(15)20-3)21-14-9-7-8-13(2)12-14/h5-12,16,18H,4,19H2,1-3H3. The highest BCUT2D eigenvalue weighted by molar-refractivity contribution is 5.37. The molecule has 2 rings (SSSR count). The number of ether oxygens (including phenoxy) is 2. The average molecular weight is 285 g/mol. The molecule has 2 N–H and O–H groups in total. The molecule has 2 aromatic carbocycles. The molecule has 21 heavy (non-hydrogen) atoms. The van der Waals surface area contributed by atoms with Crippen molar-refractivity contribution >= 4 is 0 Å². The molecular weight excluding hydrogens is 262 g/mol. The van der Waals surface area contributed by atoms with Crippen LogP contribution in [0.25, 0.3) is 0 Å². The molecule has 3 nitrogen and oxygen atoms in total. The van der Waals surface area contributed by atoms with Gasteiger partial charge in [0, 0.05) is 11.6 Å². The zero-order valence-corrected chi connectivity index (χ0v) is 12.9. The first-order valence-corrected chi connectivity index (χ1v) is 7.27. The number of rotatable bonds is 6. The van der Waals surface area contributed by atoms with E-state index in [4.69, 9.17) is 15.2 Å². The minimum atomic E-state index is -0.229. The van der Waals surface area contributed by atoms with Gasteiger partial charge in [0.1, 0.15) is 17.6 Å². The van der Waals surface area contributed by atoms with Gasteiger partial charge < -0.3 is 15.2 Å². The van der Waals surface area contributed by atoms with Crippen LogP contribution in [0.4, 0.5) is 0 Å². The zero-order chi connectivity index (χ0) is 15.2. The van der Waals surface area contributed by atoms with E-state index in [1.165, 1.54) is 0 Å². The van der Waals surface area contributed by atoms with Crippen molar-refractivity contribution in [2.24, 2.45) is 5.73 Å². The van der Waals surface area contributed by atoms with Gasteiger partial charge in [-0.1, -0.05) is 37.3 Å². The van der Waals surface area contributed by atoms with Gasteiger partial charge in [-0.25, -0.2) is 0 Å². The first-order valence-electron chi connectivity index (χ1n) is 7.27. The zero-order valence-electron chi connectivity index (χ0n) is 12.9. The number of benzene rings is 2. The van der Waals surface area contributed by atoms with Crippen molar-refractivity contribution in [3.05, 3.63) is 59.7 Å². The Hall–Kier alpha value is -2.00. The Morgan fingerprint density at radius 1 is 1.10 bits per heavy atom. The summed E-state index contributed by atoms with van der Waals surface area (Å²) in [5.41, 5.74) is 8.42. The van der Waals surface area contributed by atoms with Crippen LogP contribution < -0.4 is 15.2 Å². The fourth-order valence-corrected chi connectivity index (χ4v) is 2.33. The third-order valence-corrected chi connectivity index (χ3v) is 3.56. The Morgan fingerprint density at radius 3 is 2.52 bits per heavy atom. The molecule has 3 heteroatoms. The van der Waals surface area contributed by atoms with E-state index < -0.39 is 0 Å². The number of para-hydroxylation sites is 1. The normalized spacial score (nSPS) is 13.5. The summed E-state index contributed by atoms with van der Waals surface area (Å²) in [5, 5.41) is 0. The molecule has 0 bridgehead atoms. The summed E-state index contributed by atoms with van der Waals surface area (Å²) in [6.45, 7) is 4.11. The van der Waals surface area contributed by atoms with E-state index in [0.717, 1.165) is 29.0 Å². The van der Waals surface area contributed by atoms with E-state index in [9.17, 15) is 0 Å². The van der Waals surface area contributed by atoms with Crippen molar-refractivity contribution in [3.8, 4) is 11.5 Å². The molecular formula is C18H23NO2. The quantitative estimate of drug-likeness (QED) is 0.876. The van der Waals surface area contributed by atoms with Crippen molar-refractivity contribution in [2.75, 3.05) is 7.11 Å². The van der Waals surface area contributed by atoms with Crippen LogP contribution in [-0.4, -0.2) is 13.2 Å². The maximum absolute atomic E-state index is 6.28. The number of hydrogen-bond donors (Lipinski definition) is 1. The summed E-state index contributed by atoms with van der Waals surface area (Å²) in [7, 11) is 1.67. The van der Waals surface area contributed by atoms with Crippen LogP contribution in [-0.2, 0) is 0 Å². The van der Waals surface area contributed by atoms with E-state index in [-0.39, 0.29) is 12.1 Å². The Bertz CT molecular complexity index is 583. The van der Waals surface area contributed by atoms with Crippen LogP contribution in [0.2, 0.25) is 0 Å². The van der Waals surface area contributed by atoms with Gasteiger partial charge in [0.05, 0.1) is 7.11 Å². The summed E-state index contributed by atoms with van der Waals surface area (Å²) in [5.74, 6) is 1.63. The lowest BCUT2D eigenvalue weighted by molar-refractivity contribution is 0.167. The Balaban J connectivity index is 2.34. The molecule has 0 saturated carbocycles. The molecule has 0 fully saturated rings. The molecule has 0 aliphatic carbocycles. The topological polar surface area (TPSA) is 44.5 Å². The lowest BCUT2D eigenvalue weighted by atomic mass is 9.99. The first kappa shape index (κ1) is 15.4. The monoisotopic (exact) mass is 285 g/mol. The van der Waals surface area contributed by atoms with Gasteiger partial charge in [-0.05, 0) is 37.1 Å². The molecule has 0 aromatic heterocycles. The minimum absolute atomic E-state index is 0.0955. The highest BCUT2D eigenvalue weighted by Crippen LogP contribution is 2.31. The molecule has 0 amide bonds. The third kappa shape index (κ3) is 3.76. The molecule has 0 heterocycles. The molecule has 2 atom stereocenters. The van der Waals surface area contributed by atoms with Gasteiger partial charge in [-0.3, -0.25) is 0 Å². The van der Waals surface area contributed by atoms with E-state index in [1.807, 2.05) is 55.5 Å². The Kier molecular flexibility index (Phi) is 5.23. The summed E-state index contributed by atoms with van der Waals surface area (Å²) in [6.07, 6.45) is 0.599. The molecule has 2 unspecified atom stereocenters. The molecule has 0 saturated heterocycles. The van der Waals surface area contributed by atoms with Gasteiger partial charge in [-0.2, -0.15) is 0 Å². The molecule has 0 spiro atoms. The van der Waals surface area contributed by atoms with Crippen LogP contribution >= 0.6 is 0 Å². The SMILES string of the molecule is CCC(N)C(Oc1cccc(C)c1)c1ccccc1OC. The fraction of sp³-hybridized carbons (Fsp3) is 0.333. The van der Waals surface area contributed by atoms with Gasteiger partial charge >= 0.3 is 0 Å². The van der Waals surface area contributed by atoms with Gasteiger partial charge in [0.2, 0.25) is 0 Å². The smallest absolute Gasteiger partial charge is 0.142 e. The highest BCUT2D eigenvalue weighted by atomic mass is 16.5. The number of aryl methyl sites for hydroxylation is 1. The van der Waals surface area contributed by atoms with Gasteiger partial charge in [0.25, 0.3) is 0 Å². The Labute approximate surface area is 126 Å². The van der Waals surface area contributed by atoms with Crippen molar-refractivity contribution < 1.29 is 9.47 Å². The van der Waals surface area contributed by atoms with Gasteiger partial charge in [-0.15, -0.1) is 0 Å². The predicted molar refractivity (Wildman–Crippen MR) is 85.8 cm³/mol. The third-order valence-electron chi connectivity index (χ3n) is 3.56. The van der Waals surface area contributed by atoms with Crippen LogP contribution in [0, 0.1) is 6.92 Å². The molecule has 2 aromatic rings. The number of hydrogen-bond acceptors (Lipinski definition) is 3. The summed E-state index contributed by atoms with van der Waals surface area (Å²) >= 11 is 0. The maximum Gasteiger partial charge on any atom is 0.142 e. The van der Waals surface area contributed by atoms with Crippen LogP contribution in [0.15, 0.2) is 48.5 Å². The van der Waals surface area contributed by atoms with Crippen LogP contribution in [0.3, 0.4) is 0 Å². The van der Waals surface area contributed by atoms with E-state index in [0.29, 0.717) is 0 Å². The van der Waals surface area contributed by atoms with Crippen LogP contribution in [0.5, 0.6) is 11.5 Å². The molecule has 0 radical (unpaired) electrons. The molecule has 0 aliphatic rings. The highest BCUT2D eigenvalue weighted by Gasteiger charge is 2.23. The van der Waals surface area contributed by atoms with Crippen LogP contribution in [0.1, 0.15) is 30.6 Å². The molecule has 112 valence electrons. The van der Waals surface area contributed by atoms with Crippen molar-refractivity contribution in [2.45, 2.75) is 32.4 Å². The predicted octanol–water partition coefficient (Wildman–Crippen LogP) is 3.86. The summed E-state index contributed by atoms with van der Waals surface area (Å²) < 4.78 is 11.6. The maximum atomic E-state index is 6.28. The lowest BCUT2D eigenvalue weighted by Gasteiger charge is -2.26. The van der Waals surface area contributed by atoms with Crippen molar-refractivity contribution in [1.29, 1.82) is 0 Å². The van der Waals surface area contributed by atoms with E-state index >= 15 is 0 Å². The summed E-state index contributed by atoms with van der Waals surface area (Å²) in [4.78, 5) is 0. The van der Waals surface area contributed by atoms with Crippen molar-refractivity contribution in [1.82, 2.24) is 0 Å². The van der Waals surface area contributed by atoms with Gasteiger partial charge in [0.15, 0.2) is 0 Å². The molecule has 0 aliphatic heterocycles. The van der Waals surface area contributed by atoms with E-state index in [1.54, 1.807) is 7.11 Å². The minimum Gasteiger partial charge on any atom is -0.496 e. The second kappa shape index (κ2) is 7.14.